The number of aliphatic hydroxyl groups is 2. The zero-order valence-electron chi connectivity index (χ0n) is 41.3. The maximum Gasteiger partial charge on any atom is 0.296 e. The van der Waals surface area contributed by atoms with E-state index in [1.165, 1.54) is 37.3 Å². The van der Waals surface area contributed by atoms with Crippen LogP contribution in [-0.4, -0.2) is 118 Å². The average Bonchev–Trinajstić information content (AvgIpc) is 4.00. The number of aliphatic hydroxyl groups excluding tert-OH is 2. The number of azo groups is 3. The zero-order chi connectivity index (χ0) is 59.1. The van der Waals surface area contributed by atoms with Crippen LogP contribution in [-0.2, 0) is 63.8 Å². The molecule has 0 aliphatic carbocycles. The molecule has 81 heavy (non-hydrogen) atoms. The predicted octanol–water partition coefficient (Wildman–Crippen LogP) is 8.44. The quantitative estimate of drug-likeness (QED) is 0.0145. The number of aromatic nitrogens is 3. The van der Waals surface area contributed by atoms with Crippen LogP contribution < -0.4 is 4.74 Å². The molecule has 0 saturated heterocycles. The Labute approximate surface area is 466 Å². The van der Waals surface area contributed by atoms with E-state index in [0.29, 0.717) is 5.56 Å². The monoisotopic (exact) mass is 1250 g/mol. The van der Waals surface area contributed by atoms with E-state index in [4.69, 9.17) is 4.74 Å². The van der Waals surface area contributed by atoms with Crippen LogP contribution in [0.15, 0.2) is 111 Å². The van der Waals surface area contributed by atoms with Crippen molar-refractivity contribution in [3.8, 4) is 17.7 Å². The summed E-state index contributed by atoms with van der Waals surface area (Å²) >= 11 is 1.76. The van der Waals surface area contributed by atoms with E-state index in [2.05, 4.69) is 40.7 Å². The molecule has 426 valence electrons. The van der Waals surface area contributed by atoms with Crippen molar-refractivity contribution in [1.29, 1.82) is 5.26 Å². The highest BCUT2D eigenvalue weighted by molar-refractivity contribution is 7.99. The number of nitrogens with zero attached hydrogens (tertiary/aromatic N) is 10. The molecule has 0 radical (unpaired) electrons. The minimum atomic E-state index is -4.92. The highest BCUT2D eigenvalue weighted by Crippen LogP contribution is 2.45. The van der Waals surface area contributed by atoms with Gasteiger partial charge in [-0.15, -0.1) is 37.3 Å². The molecule has 0 aliphatic rings. The number of hydrogen-bond acceptors (Lipinski definition) is 25. The third-order valence-corrected chi connectivity index (χ3v) is 18.0. The Hall–Kier alpha value is -7.09. The third kappa shape index (κ3) is 13.5. The number of aryl methyl sites for hydroxylation is 1. The Kier molecular flexibility index (Phi) is 17.1. The van der Waals surface area contributed by atoms with Gasteiger partial charge in [0.1, 0.15) is 33.5 Å². The fraction of sp³-hybridized carbons (Fsp3) is 0.222. The zero-order valence-corrected chi connectivity index (χ0v) is 47.0. The van der Waals surface area contributed by atoms with Crippen molar-refractivity contribution in [3.63, 3.8) is 0 Å². The van der Waals surface area contributed by atoms with Gasteiger partial charge in [0.2, 0.25) is 11.0 Å². The van der Waals surface area contributed by atoms with E-state index in [9.17, 15) is 85.4 Å². The van der Waals surface area contributed by atoms with Crippen molar-refractivity contribution >= 4 is 145 Å². The first-order valence-corrected chi connectivity index (χ1v) is 32.1. The normalized spacial score (nSPS) is 13.1. The molecule has 8 aromatic rings. The Morgan fingerprint density at radius 2 is 1.35 bits per heavy atom. The van der Waals surface area contributed by atoms with E-state index < -0.39 is 95.9 Å². The van der Waals surface area contributed by atoms with Gasteiger partial charge in [0, 0.05) is 33.0 Å². The predicted molar refractivity (Wildman–Crippen MR) is 291 cm³/mol. The lowest BCUT2D eigenvalue weighted by atomic mass is 10.1. The van der Waals surface area contributed by atoms with Gasteiger partial charge in [0.25, 0.3) is 50.6 Å². The summed E-state index contributed by atoms with van der Waals surface area (Å²) < 4.78 is 174. The molecule has 5 aromatic carbocycles. The maximum atomic E-state index is 12.5. The first-order chi connectivity index (χ1) is 37.9. The Bertz CT molecular complexity index is 4660. The lowest BCUT2D eigenvalue weighted by Gasteiger charge is -2.12. The SMILES string of the molecule is Cc1cc(N=Nc2c(C)c(C#N)c3nc4cc(S(=O)(=O)O)cc(CO)c4n3c2O)c(OCCCS(=O)(=O)O)cc1N=Nc1cc(CO)c(N=Nc2nc3c(S(=O)(=O)O)cc4ccc(S(=O)(=O)O)cc4c3s2)cc1SCCCS(=O)(=O)O. The van der Waals surface area contributed by atoms with Crippen LogP contribution in [0.5, 0.6) is 11.6 Å². The highest BCUT2D eigenvalue weighted by atomic mass is 32.2. The summed E-state index contributed by atoms with van der Waals surface area (Å²) in [6.07, 6.45) is -0.293. The summed E-state index contributed by atoms with van der Waals surface area (Å²) in [5.41, 5.74) is -0.700. The Balaban J connectivity index is 1.20. The lowest BCUT2D eigenvalue weighted by Crippen LogP contribution is -2.08. The largest absolute Gasteiger partial charge is 0.493 e. The molecule has 0 amide bonds. The van der Waals surface area contributed by atoms with Crippen molar-refractivity contribution < 1.29 is 84.9 Å². The van der Waals surface area contributed by atoms with Crippen LogP contribution in [0.1, 0.15) is 40.7 Å². The van der Waals surface area contributed by atoms with Gasteiger partial charge in [-0.1, -0.05) is 17.4 Å². The highest BCUT2D eigenvalue weighted by Gasteiger charge is 2.26. The lowest BCUT2D eigenvalue weighted by molar-refractivity contribution is 0.282. The van der Waals surface area contributed by atoms with Crippen LogP contribution in [0, 0.1) is 25.2 Å². The fourth-order valence-electron chi connectivity index (χ4n) is 7.98. The second-order valence-electron chi connectivity index (χ2n) is 17.3. The molecule has 29 nitrogen and oxygen atoms in total. The number of hydrogen-bond donors (Lipinski definition) is 8. The molecule has 3 aromatic heterocycles. The maximum absolute atomic E-state index is 12.5. The molecule has 3 heterocycles. The molecule has 8 rings (SSSR count). The van der Waals surface area contributed by atoms with Crippen molar-refractivity contribution in [1.82, 2.24) is 14.4 Å². The first kappa shape index (κ1) is 60.0. The van der Waals surface area contributed by atoms with Gasteiger partial charge in [0.05, 0.1) is 73.9 Å². The van der Waals surface area contributed by atoms with Gasteiger partial charge in [-0.2, -0.15) is 52.5 Å². The van der Waals surface area contributed by atoms with Crippen LogP contribution in [0.25, 0.3) is 37.7 Å². The molecule has 0 unspecified atom stereocenters. The van der Waals surface area contributed by atoms with Gasteiger partial charge >= 0.3 is 0 Å². The van der Waals surface area contributed by atoms with E-state index in [0.717, 1.165) is 57.8 Å². The number of aromatic hydroxyl groups is 1. The summed E-state index contributed by atoms with van der Waals surface area (Å²) in [6, 6.07) is 13.7. The van der Waals surface area contributed by atoms with Gasteiger partial charge < -0.3 is 20.1 Å². The molecule has 0 fully saturated rings. The Morgan fingerprint density at radius 3 is 1.99 bits per heavy atom. The number of benzene rings is 5. The number of thiazole rings is 1. The van der Waals surface area contributed by atoms with E-state index in [1.54, 1.807) is 6.92 Å². The van der Waals surface area contributed by atoms with E-state index in [1.807, 2.05) is 6.07 Å². The van der Waals surface area contributed by atoms with Crippen molar-refractivity contribution in [2.75, 3.05) is 23.9 Å². The molecular formula is C45H40N10O19S7. The standard InChI is InChI=1S/C45H40N10O19S7/c1-22-11-33(51-53-39-23(2)30(19-46)43-47-35-16-28(80(68,69)70)12-26(21-57)41(35)55(43)44(39)58)36(74-7-3-9-77(59,60)61)17-31(22)49-52-34-13-25(20-56)32(18-37(34)75-8-4-10-78(62,63)64)50-54-45-48-40-38(81(71,72)73)14-24-5-6-27(79(65,66)67)15-29(24)42(40)76-45/h5-6,11-18,56-58H,3-4,7-10,20-21H2,1-2H3,(H,59,60,61)(H,62,63,64)(H,65,66,67)(H,68,69,70)(H,71,72,73). The number of nitriles is 1. The van der Waals surface area contributed by atoms with Crippen LogP contribution in [0.4, 0.5) is 33.6 Å². The molecule has 0 atom stereocenters. The summed E-state index contributed by atoms with van der Waals surface area (Å²) in [5.74, 6) is -2.04. The molecule has 8 N–H and O–H groups in total. The smallest absolute Gasteiger partial charge is 0.296 e. The van der Waals surface area contributed by atoms with Crippen LogP contribution >= 0.6 is 23.1 Å². The number of imidazole rings is 1. The van der Waals surface area contributed by atoms with E-state index >= 15 is 0 Å². The van der Waals surface area contributed by atoms with Crippen molar-refractivity contribution in [2.24, 2.45) is 30.7 Å². The van der Waals surface area contributed by atoms with Crippen molar-refractivity contribution in [3.05, 3.63) is 88.5 Å². The summed E-state index contributed by atoms with van der Waals surface area (Å²) in [4.78, 5) is 6.99. The van der Waals surface area contributed by atoms with Gasteiger partial charge in [-0.25, -0.2) is 9.97 Å². The first-order valence-electron chi connectivity index (χ1n) is 22.7. The van der Waals surface area contributed by atoms with Crippen LogP contribution in [0.2, 0.25) is 0 Å². The second kappa shape index (κ2) is 23.0. The minimum Gasteiger partial charge on any atom is -0.493 e. The summed E-state index contributed by atoms with van der Waals surface area (Å²) in [7, 11) is -23.2. The molecular weight excluding hydrogens is 1210 g/mol. The summed E-state index contributed by atoms with van der Waals surface area (Å²) in [6.45, 7) is 1.14. The molecule has 0 aliphatic heterocycles. The summed E-state index contributed by atoms with van der Waals surface area (Å²) in [5, 5.41) is 68.5. The van der Waals surface area contributed by atoms with E-state index in [-0.39, 0.29) is 129 Å². The van der Waals surface area contributed by atoms with Gasteiger partial charge in [-0.3, -0.25) is 27.2 Å². The number of fused-ring (bicyclic) bond motifs is 6. The minimum absolute atomic E-state index is 0.0170. The topological polar surface area (TPSA) is 470 Å². The van der Waals surface area contributed by atoms with Crippen LogP contribution in [0.3, 0.4) is 0 Å². The average molecular weight is 1250 g/mol. The molecule has 36 heteroatoms. The number of rotatable bonds is 21. The number of thioether (sulfide) groups is 1. The molecule has 0 saturated carbocycles. The molecule has 0 bridgehead atoms. The molecule has 0 spiro atoms. The third-order valence-electron chi connectivity index (χ3n) is 11.7. The fourth-order valence-corrected chi connectivity index (χ4v) is 12.8. The number of ether oxygens (including phenoxy) is 1. The number of pyridine rings is 1. The van der Waals surface area contributed by atoms with Gasteiger partial charge in [-0.05, 0) is 91.9 Å². The second-order valence-corrected chi connectivity index (χ2v) is 26.8. The Morgan fingerprint density at radius 1 is 0.691 bits per heavy atom. The van der Waals surface area contributed by atoms with Gasteiger partial charge in [0.15, 0.2) is 11.3 Å². The van der Waals surface area contributed by atoms with Crippen molar-refractivity contribution in [2.45, 2.75) is 59.5 Å².